The SMILES string of the molecule is NCOc1cccc([N+](=O)[O-])c1. The largest absolute Gasteiger partial charge is 0.478 e. The van der Waals surface area contributed by atoms with Crippen molar-refractivity contribution in [3.63, 3.8) is 0 Å². The quantitative estimate of drug-likeness (QED) is 0.413. The lowest BCUT2D eigenvalue weighted by Crippen LogP contribution is -2.07. The lowest BCUT2D eigenvalue weighted by molar-refractivity contribution is -0.384. The predicted molar refractivity (Wildman–Crippen MR) is 42.8 cm³/mol. The number of non-ortho nitro benzene ring substituents is 1. The van der Waals surface area contributed by atoms with Crippen LogP contribution >= 0.6 is 0 Å². The van der Waals surface area contributed by atoms with Crippen LogP contribution in [0.4, 0.5) is 5.69 Å². The number of nitro groups is 1. The van der Waals surface area contributed by atoms with Gasteiger partial charge in [0.1, 0.15) is 12.5 Å². The summed E-state index contributed by atoms with van der Waals surface area (Å²) in [4.78, 5) is 9.79. The van der Waals surface area contributed by atoms with Crippen LogP contribution in [0.1, 0.15) is 0 Å². The molecular weight excluding hydrogens is 160 g/mol. The number of nitrogens with two attached hydrogens (primary N) is 1. The van der Waals surface area contributed by atoms with Crippen LogP contribution in [0, 0.1) is 10.1 Å². The molecule has 1 aromatic rings. The predicted octanol–water partition coefficient (Wildman–Crippen LogP) is 0.890. The van der Waals surface area contributed by atoms with Crippen molar-refractivity contribution in [2.45, 2.75) is 0 Å². The van der Waals surface area contributed by atoms with Gasteiger partial charge in [-0.2, -0.15) is 0 Å². The van der Waals surface area contributed by atoms with Gasteiger partial charge >= 0.3 is 0 Å². The molecule has 0 saturated heterocycles. The fourth-order valence-electron chi connectivity index (χ4n) is 0.783. The highest BCUT2D eigenvalue weighted by Crippen LogP contribution is 2.18. The Hall–Kier alpha value is -1.62. The second-order valence-electron chi connectivity index (χ2n) is 2.07. The van der Waals surface area contributed by atoms with Gasteiger partial charge in [0.05, 0.1) is 11.0 Å². The first kappa shape index (κ1) is 8.48. The van der Waals surface area contributed by atoms with Crippen molar-refractivity contribution in [1.82, 2.24) is 0 Å². The number of hydrogen-bond donors (Lipinski definition) is 1. The van der Waals surface area contributed by atoms with Crippen LogP contribution in [-0.2, 0) is 0 Å². The molecule has 1 rings (SSSR count). The summed E-state index contributed by atoms with van der Waals surface area (Å²) in [5.74, 6) is 0.409. The summed E-state index contributed by atoms with van der Waals surface area (Å²) in [5, 5.41) is 10.3. The van der Waals surface area contributed by atoms with Crippen LogP contribution in [0.25, 0.3) is 0 Å². The molecule has 0 saturated carbocycles. The van der Waals surface area contributed by atoms with Crippen molar-refractivity contribution in [3.8, 4) is 5.75 Å². The molecule has 0 aliphatic rings. The van der Waals surface area contributed by atoms with E-state index in [1.165, 1.54) is 12.1 Å². The maximum absolute atomic E-state index is 10.3. The Labute approximate surface area is 68.9 Å². The third-order valence-electron chi connectivity index (χ3n) is 1.28. The summed E-state index contributed by atoms with van der Waals surface area (Å²) < 4.78 is 4.87. The van der Waals surface area contributed by atoms with Crippen LogP contribution in [0.2, 0.25) is 0 Å². The lowest BCUT2D eigenvalue weighted by atomic mass is 10.3. The molecule has 0 unspecified atom stereocenters. The number of rotatable bonds is 3. The van der Waals surface area contributed by atoms with E-state index in [1.807, 2.05) is 0 Å². The Bertz CT molecular complexity index is 288. The molecular formula is C7H8N2O3. The standard InChI is InChI=1S/C7H8N2O3/c8-5-12-7-3-1-2-6(4-7)9(10)11/h1-4H,5,8H2. The van der Waals surface area contributed by atoms with Crippen molar-refractivity contribution in [2.75, 3.05) is 6.73 Å². The van der Waals surface area contributed by atoms with E-state index in [1.54, 1.807) is 12.1 Å². The van der Waals surface area contributed by atoms with Crippen molar-refractivity contribution in [1.29, 1.82) is 0 Å². The van der Waals surface area contributed by atoms with E-state index in [0.29, 0.717) is 5.75 Å². The topological polar surface area (TPSA) is 78.4 Å². The molecule has 0 heterocycles. The maximum atomic E-state index is 10.3. The average molecular weight is 168 g/mol. The smallest absolute Gasteiger partial charge is 0.273 e. The molecule has 0 radical (unpaired) electrons. The molecule has 0 fully saturated rings. The molecule has 0 atom stereocenters. The molecule has 2 N–H and O–H groups in total. The zero-order valence-corrected chi connectivity index (χ0v) is 6.27. The summed E-state index contributed by atoms with van der Waals surface area (Å²) in [6.07, 6.45) is 0. The fraction of sp³-hybridized carbons (Fsp3) is 0.143. The highest BCUT2D eigenvalue weighted by Gasteiger charge is 2.04. The van der Waals surface area contributed by atoms with Gasteiger partial charge in [0.15, 0.2) is 0 Å². The van der Waals surface area contributed by atoms with Gasteiger partial charge in [0.25, 0.3) is 5.69 Å². The van der Waals surface area contributed by atoms with Crippen molar-refractivity contribution < 1.29 is 9.66 Å². The van der Waals surface area contributed by atoms with E-state index >= 15 is 0 Å². The van der Waals surface area contributed by atoms with Gasteiger partial charge in [-0.15, -0.1) is 0 Å². The molecule has 0 aromatic heterocycles. The molecule has 5 heteroatoms. The van der Waals surface area contributed by atoms with E-state index in [4.69, 9.17) is 10.5 Å². The summed E-state index contributed by atoms with van der Waals surface area (Å²) in [6, 6.07) is 5.87. The molecule has 0 aliphatic heterocycles. The number of nitro benzene ring substituents is 1. The average Bonchev–Trinajstić information content (AvgIpc) is 2.05. The Morgan fingerprint density at radius 1 is 1.58 bits per heavy atom. The van der Waals surface area contributed by atoms with Gasteiger partial charge in [-0.05, 0) is 6.07 Å². The zero-order valence-electron chi connectivity index (χ0n) is 6.27. The molecule has 5 nitrogen and oxygen atoms in total. The van der Waals surface area contributed by atoms with Gasteiger partial charge in [0, 0.05) is 6.07 Å². The van der Waals surface area contributed by atoms with Crippen LogP contribution in [0.15, 0.2) is 24.3 Å². The summed E-state index contributed by atoms with van der Waals surface area (Å²) in [6.45, 7) is 0.0150. The second kappa shape index (κ2) is 3.68. The summed E-state index contributed by atoms with van der Waals surface area (Å²) in [5.41, 5.74) is 5.10. The maximum Gasteiger partial charge on any atom is 0.273 e. The first-order chi connectivity index (χ1) is 5.74. The fourth-order valence-corrected chi connectivity index (χ4v) is 0.783. The van der Waals surface area contributed by atoms with E-state index in [0.717, 1.165) is 0 Å². The van der Waals surface area contributed by atoms with E-state index in [2.05, 4.69) is 0 Å². The minimum absolute atomic E-state index is 0.000880. The molecule has 0 amide bonds. The normalized spacial score (nSPS) is 9.42. The Balaban J connectivity index is 2.88. The van der Waals surface area contributed by atoms with Crippen LogP contribution in [0.5, 0.6) is 5.75 Å². The van der Waals surface area contributed by atoms with Gasteiger partial charge in [0.2, 0.25) is 0 Å². The van der Waals surface area contributed by atoms with E-state index < -0.39 is 4.92 Å². The Morgan fingerprint density at radius 2 is 2.33 bits per heavy atom. The molecule has 0 aliphatic carbocycles. The van der Waals surface area contributed by atoms with Crippen molar-refractivity contribution in [2.24, 2.45) is 5.73 Å². The first-order valence-electron chi connectivity index (χ1n) is 3.31. The molecule has 64 valence electrons. The van der Waals surface area contributed by atoms with Gasteiger partial charge in [-0.1, -0.05) is 6.07 Å². The third-order valence-corrected chi connectivity index (χ3v) is 1.28. The summed E-state index contributed by atoms with van der Waals surface area (Å²) >= 11 is 0. The minimum atomic E-state index is -0.483. The Morgan fingerprint density at radius 3 is 2.92 bits per heavy atom. The zero-order chi connectivity index (χ0) is 8.97. The third kappa shape index (κ3) is 1.93. The van der Waals surface area contributed by atoms with Crippen LogP contribution in [0.3, 0.4) is 0 Å². The van der Waals surface area contributed by atoms with Crippen molar-refractivity contribution in [3.05, 3.63) is 34.4 Å². The monoisotopic (exact) mass is 168 g/mol. The number of benzene rings is 1. The van der Waals surface area contributed by atoms with Crippen LogP contribution in [-0.4, -0.2) is 11.7 Å². The highest BCUT2D eigenvalue weighted by atomic mass is 16.6. The second-order valence-corrected chi connectivity index (χ2v) is 2.07. The number of hydrogen-bond acceptors (Lipinski definition) is 4. The van der Waals surface area contributed by atoms with E-state index in [9.17, 15) is 10.1 Å². The molecule has 12 heavy (non-hydrogen) atoms. The molecule has 0 spiro atoms. The first-order valence-corrected chi connectivity index (χ1v) is 3.31. The summed E-state index contributed by atoms with van der Waals surface area (Å²) in [7, 11) is 0. The number of nitrogens with zero attached hydrogens (tertiary/aromatic N) is 1. The van der Waals surface area contributed by atoms with Gasteiger partial charge in [-0.3, -0.25) is 15.8 Å². The number of ether oxygens (including phenoxy) is 1. The highest BCUT2D eigenvalue weighted by molar-refractivity contribution is 5.37. The van der Waals surface area contributed by atoms with Gasteiger partial charge in [-0.25, -0.2) is 0 Å². The van der Waals surface area contributed by atoms with Crippen LogP contribution < -0.4 is 10.5 Å². The lowest BCUT2D eigenvalue weighted by Gasteiger charge is -2.00. The Kier molecular flexibility index (Phi) is 2.60. The molecule has 1 aromatic carbocycles. The van der Waals surface area contributed by atoms with Gasteiger partial charge < -0.3 is 4.74 Å². The minimum Gasteiger partial charge on any atom is -0.478 e. The molecule has 0 bridgehead atoms. The van der Waals surface area contributed by atoms with Crippen molar-refractivity contribution >= 4 is 5.69 Å². The van der Waals surface area contributed by atoms with E-state index in [-0.39, 0.29) is 12.4 Å².